The summed E-state index contributed by atoms with van der Waals surface area (Å²) in [5.74, 6) is -0.0207. The quantitative estimate of drug-likeness (QED) is 0.602. The van der Waals surface area contributed by atoms with Crippen LogP contribution in [0.1, 0.15) is 20.8 Å². The molecule has 0 saturated carbocycles. The molecule has 0 aromatic heterocycles. The summed E-state index contributed by atoms with van der Waals surface area (Å²) < 4.78 is 13.1. The topological polar surface area (TPSA) is 32.3 Å². The first-order valence-corrected chi connectivity index (χ1v) is 4.56. The number of nitrogens with one attached hydrogen (secondary N) is 1. The van der Waals surface area contributed by atoms with Gasteiger partial charge in [-0.1, -0.05) is 0 Å². The molecule has 0 aromatic rings. The second kappa shape index (κ2) is 3.62. The lowest BCUT2D eigenvalue weighted by molar-refractivity contribution is -0.134. The van der Waals surface area contributed by atoms with Gasteiger partial charge < -0.3 is 10.2 Å². The van der Waals surface area contributed by atoms with Crippen molar-refractivity contribution in [3.05, 3.63) is 0 Å². The highest BCUT2D eigenvalue weighted by Crippen LogP contribution is 2.15. The van der Waals surface area contributed by atoms with Crippen LogP contribution < -0.4 is 5.32 Å². The van der Waals surface area contributed by atoms with E-state index in [0.717, 1.165) is 0 Å². The van der Waals surface area contributed by atoms with Gasteiger partial charge in [0.1, 0.15) is 6.17 Å². The number of halogens is 1. The Kier molecular flexibility index (Phi) is 2.91. The molecular formula is C9H17FN2O. The van der Waals surface area contributed by atoms with E-state index >= 15 is 0 Å². The number of carbonyl (C=O) groups is 1. The van der Waals surface area contributed by atoms with Crippen molar-refractivity contribution in [1.82, 2.24) is 10.2 Å². The Morgan fingerprint density at radius 2 is 2.15 bits per heavy atom. The van der Waals surface area contributed by atoms with E-state index in [1.54, 1.807) is 4.90 Å². The average molecular weight is 188 g/mol. The lowest BCUT2D eigenvalue weighted by Crippen LogP contribution is -2.48. The summed E-state index contributed by atoms with van der Waals surface area (Å²) in [6.07, 6.45) is -0.953. The SMILES string of the molecule is CC(C)(C)N1C[C@H](F)CNCC1=O. The minimum absolute atomic E-state index is 0.0207. The third kappa shape index (κ3) is 2.66. The third-order valence-corrected chi connectivity index (χ3v) is 2.13. The van der Waals surface area contributed by atoms with Crippen LogP contribution in [0.3, 0.4) is 0 Å². The lowest BCUT2D eigenvalue weighted by atomic mass is 10.1. The van der Waals surface area contributed by atoms with Crippen LogP contribution in [-0.4, -0.2) is 42.2 Å². The van der Waals surface area contributed by atoms with Crippen LogP contribution in [0, 0.1) is 0 Å². The van der Waals surface area contributed by atoms with Gasteiger partial charge in [-0.15, -0.1) is 0 Å². The molecule has 0 bridgehead atoms. The maximum absolute atomic E-state index is 13.1. The zero-order valence-corrected chi connectivity index (χ0v) is 8.43. The summed E-state index contributed by atoms with van der Waals surface area (Å²) in [6.45, 7) is 6.49. The molecular weight excluding hydrogens is 171 g/mol. The monoisotopic (exact) mass is 188 g/mol. The van der Waals surface area contributed by atoms with Gasteiger partial charge in [0.2, 0.25) is 5.91 Å². The molecule has 4 heteroatoms. The maximum Gasteiger partial charge on any atom is 0.237 e. The molecule has 0 spiro atoms. The van der Waals surface area contributed by atoms with Gasteiger partial charge in [0.05, 0.1) is 13.1 Å². The van der Waals surface area contributed by atoms with E-state index in [1.165, 1.54) is 0 Å². The molecule has 1 saturated heterocycles. The molecule has 1 aliphatic heterocycles. The minimum Gasteiger partial charge on any atom is -0.334 e. The van der Waals surface area contributed by atoms with Crippen molar-refractivity contribution >= 4 is 5.91 Å². The van der Waals surface area contributed by atoms with Crippen molar-refractivity contribution in [2.24, 2.45) is 0 Å². The smallest absolute Gasteiger partial charge is 0.237 e. The lowest BCUT2D eigenvalue weighted by Gasteiger charge is -2.35. The molecule has 1 heterocycles. The van der Waals surface area contributed by atoms with E-state index in [1.807, 2.05) is 20.8 Å². The van der Waals surface area contributed by atoms with Gasteiger partial charge in [0, 0.05) is 12.1 Å². The minimum atomic E-state index is -0.953. The van der Waals surface area contributed by atoms with Crippen molar-refractivity contribution in [2.45, 2.75) is 32.5 Å². The van der Waals surface area contributed by atoms with E-state index in [9.17, 15) is 9.18 Å². The number of amides is 1. The molecule has 3 nitrogen and oxygen atoms in total. The van der Waals surface area contributed by atoms with Gasteiger partial charge in [-0.3, -0.25) is 4.79 Å². The first-order valence-electron chi connectivity index (χ1n) is 4.56. The largest absolute Gasteiger partial charge is 0.334 e. The number of hydrogen-bond acceptors (Lipinski definition) is 2. The Hall–Kier alpha value is -0.640. The van der Waals surface area contributed by atoms with Gasteiger partial charge in [-0.05, 0) is 20.8 Å². The predicted octanol–water partition coefficient (Wildman–Crippen LogP) is 0.555. The fourth-order valence-corrected chi connectivity index (χ4v) is 1.44. The van der Waals surface area contributed by atoms with E-state index in [-0.39, 0.29) is 31.1 Å². The molecule has 1 N–H and O–H groups in total. The molecule has 1 rings (SSSR count). The number of nitrogens with zero attached hydrogens (tertiary/aromatic N) is 1. The second-order valence-electron chi connectivity index (χ2n) is 4.40. The molecule has 0 aromatic carbocycles. The maximum atomic E-state index is 13.1. The van der Waals surface area contributed by atoms with Gasteiger partial charge in [0.25, 0.3) is 0 Å². The normalized spacial score (nSPS) is 26.0. The molecule has 0 radical (unpaired) electrons. The summed E-state index contributed by atoms with van der Waals surface area (Å²) in [6, 6.07) is 0. The van der Waals surface area contributed by atoms with E-state index in [0.29, 0.717) is 0 Å². The van der Waals surface area contributed by atoms with E-state index in [2.05, 4.69) is 5.32 Å². The average Bonchev–Trinajstić information content (AvgIpc) is 2.11. The highest BCUT2D eigenvalue weighted by molar-refractivity contribution is 5.79. The number of rotatable bonds is 0. The summed E-state index contributed by atoms with van der Waals surface area (Å²) in [7, 11) is 0. The Balaban J connectivity index is 2.73. The van der Waals surface area contributed by atoms with Gasteiger partial charge in [0.15, 0.2) is 0 Å². The molecule has 1 amide bonds. The van der Waals surface area contributed by atoms with Crippen LogP contribution in [-0.2, 0) is 4.79 Å². The summed E-state index contributed by atoms with van der Waals surface area (Å²) in [4.78, 5) is 13.1. The van der Waals surface area contributed by atoms with Crippen LogP contribution >= 0.6 is 0 Å². The molecule has 13 heavy (non-hydrogen) atoms. The number of alkyl halides is 1. The van der Waals surface area contributed by atoms with Crippen molar-refractivity contribution in [3.63, 3.8) is 0 Å². The first kappa shape index (κ1) is 10.4. The second-order valence-corrected chi connectivity index (χ2v) is 4.40. The Labute approximate surface area is 78.3 Å². The van der Waals surface area contributed by atoms with Crippen molar-refractivity contribution < 1.29 is 9.18 Å². The molecule has 1 aliphatic rings. The molecule has 1 atom stereocenters. The third-order valence-electron chi connectivity index (χ3n) is 2.13. The fraction of sp³-hybridized carbons (Fsp3) is 0.889. The van der Waals surface area contributed by atoms with Crippen molar-refractivity contribution in [3.8, 4) is 0 Å². The number of hydrogen-bond donors (Lipinski definition) is 1. The Morgan fingerprint density at radius 1 is 1.54 bits per heavy atom. The van der Waals surface area contributed by atoms with E-state index < -0.39 is 6.17 Å². The van der Waals surface area contributed by atoms with Crippen LogP contribution in [0.25, 0.3) is 0 Å². The Morgan fingerprint density at radius 3 is 2.69 bits per heavy atom. The summed E-state index contributed by atoms with van der Waals surface area (Å²) >= 11 is 0. The summed E-state index contributed by atoms with van der Waals surface area (Å²) in [5, 5.41) is 2.78. The van der Waals surface area contributed by atoms with Gasteiger partial charge in [-0.25, -0.2) is 4.39 Å². The van der Waals surface area contributed by atoms with Gasteiger partial charge >= 0.3 is 0 Å². The van der Waals surface area contributed by atoms with Crippen LogP contribution in [0.15, 0.2) is 0 Å². The molecule has 0 unspecified atom stereocenters. The van der Waals surface area contributed by atoms with Crippen molar-refractivity contribution in [2.75, 3.05) is 19.6 Å². The van der Waals surface area contributed by atoms with E-state index in [4.69, 9.17) is 0 Å². The zero-order valence-electron chi connectivity index (χ0n) is 8.43. The molecule has 76 valence electrons. The van der Waals surface area contributed by atoms with Crippen LogP contribution in [0.2, 0.25) is 0 Å². The van der Waals surface area contributed by atoms with Crippen LogP contribution in [0.4, 0.5) is 4.39 Å². The summed E-state index contributed by atoms with van der Waals surface area (Å²) in [5.41, 5.74) is -0.284. The predicted molar refractivity (Wildman–Crippen MR) is 49.2 cm³/mol. The highest BCUT2D eigenvalue weighted by Gasteiger charge is 2.30. The Bertz CT molecular complexity index is 200. The standard InChI is InChI=1S/C9H17FN2O/c1-9(2,3)12-6-7(10)4-11-5-8(12)13/h7,11H,4-6H2,1-3H3/t7-/m1/s1. The van der Waals surface area contributed by atoms with Crippen LogP contribution in [0.5, 0.6) is 0 Å². The van der Waals surface area contributed by atoms with Crippen molar-refractivity contribution in [1.29, 1.82) is 0 Å². The molecule has 0 aliphatic carbocycles. The number of carbonyl (C=O) groups excluding carboxylic acids is 1. The zero-order chi connectivity index (χ0) is 10.1. The first-order chi connectivity index (χ1) is 5.91. The fourth-order valence-electron chi connectivity index (χ4n) is 1.44. The highest BCUT2D eigenvalue weighted by atomic mass is 19.1. The molecule has 1 fully saturated rings. The van der Waals surface area contributed by atoms with Gasteiger partial charge in [-0.2, -0.15) is 0 Å².